The Hall–Kier alpha value is -2.70. The number of anilines is 1. The van der Waals surface area contributed by atoms with Crippen molar-refractivity contribution in [1.29, 1.82) is 0 Å². The number of amides is 1. The Bertz CT molecular complexity index is 1040. The van der Waals surface area contributed by atoms with Crippen molar-refractivity contribution >= 4 is 46.3 Å². The minimum Gasteiger partial charge on any atom is -0.507 e. The lowest BCUT2D eigenvalue weighted by atomic mass is 9.95. The molecule has 1 saturated heterocycles. The molecule has 0 aromatic heterocycles. The normalized spacial score (nSPS) is 17.7. The maximum Gasteiger partial charge on any atom is 0.295 e. The second-order valence-corrected chi connectivity index (χ2v) is 8.62. The third kappa shape index (κ3) is 4.43. The number of rotatable bonds is 7. The lowest BCUT2D eigenvalue weighted by molar-refractivity contribution is -0.139. The van der Waals surface area contributed by atoms with E-state index in [1.807, 2.05) is 50.2 Å². The van der Waals surface area contributed by atoms with E-state index in [0.29, 0.717) is 6.54 Å². The number of aliphatic hydroxyl groups excluding tert-OH is 1. The summed E-state index contributed by atoms with van der Waals surface area (Å²) in [4.78, 5) is 29.4. The number of ether oxygens (including phenoxy) is 1. The fourth-order valence-corrected chi connectivity index (χ4v) is 4.43. The summed E-state index contributed by atoms with van der Waals surface area (Å²) in [5.41, 5.74) is 1.97. The van der Waals surface area contributed by atoms with E-state index in [4.69, 9.17) is 27.9 Å². The number of aliphatic hydroxyl groups is 1. The zero-order valence-electron chi connectivity index (χ0n) is 18.5. The quantitative estimate of drug-likeness (QED) is 0.334. The molecule has 0 radical (unpaired) electrons. The van der Waals surface area contributed by atoms with E-state index in [1.54, 1.807) is 0 Å². The first-order valence-electron chi connectivity index (χ1n) is 10.3. The van der Waals surface area contributed by atoms with Crippen LogP contribution in [0, 0.1) is 0 Å². The van der Waals surface area contributed by atoms with Crippen molar-refractivity contribution in [2.45, 2.75) is 25.8 Å². The molecule has 0 saturated carbocycles. The minimum atomic E-state index is -0.733. The Balaban J connectivity index is 2.18. The summed E-state index contributed by atoms with van der Waals surface area (Å²) in [5.74, 6) is -1.42. The van der Waals surface area contributed by atoms with Crippen molar-refractivity contribution in [3.05, 3.63) is 63.1 Å². The Kier molecular flexibility index (Phi) is 7.36. The smallest absolute Gasteiger partial charge is 0.295 e. The summed E-state index contributed by atoms with van der Waals surface area (Å²) >= 11 is 12.5. The predicted molar refractivity (Wildman–Crippen MR) is 128 cm³/mol. The molecule has 2 aromatic rings. The number of carbonyl (C=O) groups excluding carboxylic acids is 2. The number of ketones is 1. The van der Waals surface area contributed by atoms with Crippen molar-refractivity contribution < 1.29 is 19.4 Å². The van der Waals surface area contributed by atoms with Crippen LogP contribution in [0.25, 0.3) is 5.76 Å². The zero-order valence-corrected chi connectivity index (χ0v) is 20.0. The van der Waals surface area contributed by atoms with E-state index in [-0.39, 0.29) is 32.7 Å². The largest absolute Gasteiger partial charge is 0.507 e. The van der Waals surface area contributed by atoms with Crippen LogP contribution >= 0.6 is 23.2 Å². The maximum absolute atomic E-state index is 13.0. The van der Waals surface area contributed by atoms with Gasteiger partial charge in [0.2, 0.25) is 0 Å². The second-order valence-electron chi connectivity index (χ2n) is 7.81. The minimum absolute atomic E-state index is 0.0148. The van der Waals surface area contributed by atoms with Gasteiger partial charge < -0.3 is 19.6 Å². The number of hydrogen-bond donors (Lipinski definition) is 1. The van der Waals surface area contributed by atoms with Gasteiger partial charge in [-0.2, -0.15) is 0 Å². The van der Waals surface area contributed by atoms with E-state index in [2.05, 4.69) is 0 Å². The van der Waals surface area contributed by atoms with E-state index < -0.39 is 17.7 Å². The van der Waals surface area contributed by atoms with Gasteiger partial charge in [-0.25, -0.2) is 0 Å². The van der Waals surface area contributed by atoms with Gasteiger partial charge in [0.05, 0.1) is 28.8 Å². The number of Topliss-reactive ketones (excluding diaryl/α,β-unsaturated/α-hetero) is 1. The number of likely N-dealkylation sites (tertiary alicyclic amines) is 1. The summed E-state index contributed by atoms with van der Waals surface area (Å²) < 4.78 is 5.16. The molecular weight excluding hydrogens is 451 g/mol. The number of hydrogen-bond acceptors (Lipinski definition) is 5. The van der Waals surface area contributed by atoms with Crippen molar-refractivity contribution in [1.82, 2.24) is 4.90 Å². The third-order valence-corrected chi connectivity index (χ3v) is 6.06. The van der Waals surface area contributed by atoms with Crippen LogP contribution in [0.2, 0.25) is 10.0 Å². The van der Waals surface area contributed by atoms with Gasteiger partial charge in [-0.1, -0.05) is 48.7 Å². The van der Waals surface area contributed by atoms with Crippen molar-refractivity contribution in [2.24, 2.45) is 0 Å². The first kappa shape index (κ1) is 24.0. The molecule has 170 valence electrons. The highest BCUT2D eigenvalue weighted by Crippen LogP contribution is 2.42. The van der Waals surface area contributed by atoms with Crippen molar-refractivity contribution in [3.8, 4) is 5.75 Å². The Morgan fingerprint density at radius 3 is 2.22 bits per heavy atom. The monoisotopic (exact) mass is 476 g/mol. The van der Waals surface area contributed by atoms with Crippen LogP contribution in [0.15, 0.2) is 42.0 Å². The number of benzene rings is 2. The van der Waals surface area contributed by atoms with Gasteiger partial charge >= 0.3 is 0 Å². The molecule has 8 heteroatoms. The predicted octanol–water partition coefficient (Wildman–Crippen LogP) is 5.29. The van der Waals surface area contributed by atoms with Crippen LogP contribution in [0.4, 0.5) is 5.69 Å². The number of unbranched alkanes of at least 4 members (excludes halogenated alkanes) is 1. The molecule has 1 N–H and O–H groups in total. The van der Waals surface area contributed by atoms with Crippen molar-refractivity contribution in [2.75, 3.05) is 32.6 Å². The average Bonchev–Trinajstić information content (AvgIpc) is 3.01. The van der Waals surface area contributed by atoms with Crippen molar-refractivity contribution in [3.63, 3.8) is 0 Å². The van der Waals surface area contributed by atoms with Crippen LogP contribution in [0.1, 0.15) is 36.9 Å². The van der Waals surface area contributed by atoms with Crippen LogP contribution in [0.3, 0.4) is 0 Å². The molecule has 0 spiro atoms. The van der Waals surface area contributed by atoms with Crippen LogP contribution < -0.4 is 9.64 Å². The molecule has 32 heavy (non-hydrogen) atoms. The van der Waals surface area contributed by atoms with Gasteiger partial charge in [-0.15, -0.1) is 0 Å². The first-order chi connectivity index (χ1) is 15.2. The highest BCUT2D eigenvalue weighted by atomic mass is 35.5. The third-order valence-electron chi connectivity index (χ3n) is 5.49. The molecule has 0 aliphatic carbocycles. The Morgan fingerprint density at radius 2 is 1.72 bits per heavy atom. The zero-order chi connectivity index (χ0) is 23.6. The molecule has 3 rings (SSSR count). The highest BCUT2D eigenvalue weighted by molar-refractivity contribution is 6.46. The first-order valence-corrected chi connectivity index (χ1v) is 11.1. The summed E-state index contributed by atoms with van der Waals surface area (Å²) in [7, 11) is 5.29. The Labute approximate surface area is 198 Å². The lowest BCUT2D eigenvalue weighted by Gasteiger charge is -2.26. The molecule has 6 nitrogen and oxygen atoms in total. The molecule has 2 aromatic carbocycles. The molecule has 0 bridgehead atoms. The molecule has 1 fully saturated rings. The Morgan fingerprint density at radius 1 is 1.12 bits per heavy atom. The number of carbonyl (C=O) groups is 2. The molecule has 1 heterocycles. The van der Waals surface area contributed by atoms with E-state index in [1.165, 1.54) is 24.1 Å². The molecule has 1 aliphatic rings. The van der Waals surface area contributed by atoms with Gasteiger partial charge in [-0.05, 0) is 36.2 Å². The maximum atomic E-state index is 13.0. The fraction of sp³-hybridized carbons (Fsp3) is 0.333. The lowest BCUT2D eigenvalue weighted by Crippen LogP contribution is -2.30. The van der Waals surface area contributed by atoms with E-state index in [9.17, 15) is 14.7 Å². The standard InChI is InChI=1S/C24H26Cl2N2O4/c1-5-6-11-28-20(14-7-9-16(10-8-14)27(2)3)19(22(30)24(28)31)21(29)15-12-17(25)23(32-4)18(26)13-15/h7-10,12-13,20,29H,5-6,11H2,1-4H3/b21-19+. The fourth-order valence-electron chi connectivity index (χ4n) is 3.79. The SMILES string of the molecule is CCCCN1C(=O)C(=O)/C(=C(/O)c2cc(Cl)c(OC)c(Cl)c2)C1c1ccc(N(C)C)cc1. The van der Waals surface area contributed by atoms with Gasteiger partial charge in [0.15, 0.2) is 5.75 Å². The summed E-state index contributed by atoms with van der Waals surface area (Å²) in [6, 6.07) is 9.78. The van der Waals surface area contributed by atoms with E-state index in [0.717, 1.165) is 24.1 Å². The number of halogens is 2. The molecular formula is C24H26Cl2N2O4. The van der Waals surface area contributed by atoms with Gasteiger partial charge in [-0.3, -0.25) is 9.59 Å². The van der Waals surface area contributed by atoms with Gasteiger partial charge in [0, 0.05) is 31.9 Å². The van der Waals surface area contributed by atoms with Crippen LogP contribution in [-0.4, -0.2) is 49.4 Å². The summed E-state index contributed by atoms with van der Waals surface area (Å²) in [6.07, 6.45) is 1.60. The van der Waals surface area contributed by atoms with E-state index >= 15 is 0 Å². The second kappa shape index (κ2) is 9.84. The van der Waals surface area contributed by atoms with Crippen LogP contribution in [-0.2, 0) is 9.59 Å². The highest BCUT2D eigenvalue weighted by Gasteiger charge is 2.45. The number of methoxy groups -OCH3 is 1. The molecule has 1 aliphatic heterocycles. The van der Waals surface area contributed by atoms with Gasteiger partial charge in [0.1, 0.15) is 5.76 Å². The summed E-state index contributed by atoms with van der Waals surface area (Å²) in [6.45, 7) is 2.42. The van der Waals surface area contributed by atoms with Crippen LogP contribution in [0.5, 0.6) is 5.75 Å². The molecule has 1 unspecified atom stereocenters. The summed E-state index contributed by atoms with van der Waals surface area (Å²) in [5, 5.41) is 11.5. The molecule has 1 amide bonds. The topological polar surface area (TPSA) is 70.1 Å². The number of nitrogens with zero attached hydrogens (tertiary/aromatic N) is 2. The average molecular weight is 477 g/mol. The van der Waals surface area contributed by atoms with Gasteiger partial charge in [0.25, 0.3) is 11.7 Å². The molecule has 1 atom stereocenters.